The summed E-state index contributed by atoms with van der Waals surface area (Å²) in [6.45, 7) is 6.64. The van der Waals surface area contributed by atoms with E-state index in [4.69, 9.17) is 9.26 Å². The Morgan fingerprint density at radius 3 is 2.49 bits per heavy atom. The maximum atomic E-state index is 9.81. The van der Waals surface area contributed by atoms with E-state index in [1.807, 2.05) is 22.8 Å². The first-order valence-electron chi connectivity index (χ1n) is 11.7. The number of aliphatic hydroxyl groups is 1. The van der Waals surface area contributed by atoms with Gasteiger partial charge in [-0.1, -0.05) is 29.1 Å². The van der Waals surface area contributed by atoms with Crippen LogP contribution in [0.5, 0.6) is 0 Å². The lowest BCUT2D eigenvalue weighted by atomic mass is 10.1. The number of imidazole rings is 1. The van der Waals surface area contributed by atoms with Gasteiger partial charge < -0.3 is 18.9 Å². The highest BCUT2D eigenvalue weighted by molar-refractivity contribution is 5.55. The van der Waals surface area contributed by atoms with E-state index in [0.29, 0.717) is 29.5 Å². The third-order valence-corrected chi connectivity index (χ3v) is 5.85. The molecule has 0 radical (unpaired) electrons. The fourth-order valence-corrected chi connectivity index (χ4v) is 3.97. The summed E-state index contributed by atoms with van der Waals surface area (Å²) in [5.41, 5.74) is 4.44. The number of morpholine rings is 1. The van der Waals surface area contributed by atoms with Crippen LogP contribution in [-0.2, 0) is 17.8 Å². The topological polar surface area (TPSA) is 89.4 Å². The van der Waals surface area contributed by atoms with E-state index < -0.39 is 6.10 Å². The zero-order valence-corrected chi connectivity index (χ0v) is 19.6. The van der Waals surface area contributed by atoms with Crippen LogP contribution in [0.3, 0.4) is 0 Å². The molecule has 1 unspecified atom stereocenters. The van der Waals surface area contributed by atoms with E-state index in [2.05, 4.69) is 56.1 Å². The van der Waals surface area contributed by atoms with Gasteiger partial charge in [0.1, 0.15) is 17.6 Å². The van der Waals surface area contributed by atoms with Gasteiger partial charge in [0.05, 0.1) is 25.5 Å². The van der Waals surface area contributed by atoms with Crippen LogP contribution in [-0.4, -0.2) is 56.0 Å². The average Bonchev–Trinajstić information content (AvgIpc) is 3.55. The summed E-state index contributed by atoms with van der Waals surface area (Å²) in [5.74, 6) is 7.62. The van der Waals surface area contributed by atoms with Crippen molar-refractivity contribution in [3.05, 3.63) is 89.3 Å². The maximum Gasteiger partial charge on any atom is 0.157 e. The summed E-state index contributed by atoms with van der Waals surface area (Å²) < 4.78 is 12.7. The summed E-state index contributed by atoms with van der Waals surface area (Å²) in [4.78, 5) is 11.1. The molecule has 0 amide bonds. The molecule has 1 saturated heterocycles. The second-order valence-electron chi connectivity index (χ2n) is 8.54. The van der Waals surface area contributed by atoms with Crippen molar-refractivity contribution in [1.82, 2.24) is 24.6 Å². The van der Waals surface area contributed by atoms with Gasteiger partial charge >= 0.3 is 0 Å². The van der Waals surface area contributed by atoms with Gasteiger partial charge in [-0.25, -0.2) is 4.98 Å². The van der Waals surface area contributed by atoms with Gasteiger partial charge in [-0.3, -0.25) is 9.88 Å². The van der Waals surface area contributed by atoms with Crippen LogP contribution in [0.25, 0.3) is 11.4 Å². The molecule has 0 aliphatic carbocycles. The van der Waals surface area contributed by atoms with E-state index >= 15 is 0 Å². The quantitative estimate of drug-likeness (QED) is 0.434. The van der Waals surface area contributed by atoms with Crippen LogP contribution in [0.15, 0.2) is 65.6 Å². The Labute approximate surface area is 204 Å². The third-order valence-electron chi connectivity index (χ3n) is 5.85. The fourth-order valence-electron chi connectivity index (χ4n) is 3.97. The molecule has 0 saturated carbocycles. The Morgan fingerprint density at radius 2 is 1.74 bits per heavy atom. The molecule has 1 aliphatic heterocycles. The molecule has 0 spiro atoms. The van der Waals surface area contributed by atoms with Gasteiger partial charge in [0.15, 0.2) is 5.76 Å². The molecule has 4 aromatic rings. The van der Waals surface area contributed by atoms with Crippen LogP contribution in [0.1, 0.15) is 41.3 Å². The number of aliphatic hydroxyl groups excluding tert-OH is 1. The zero-order chi connectivity index (χ0) is 24.0. The lowest BCUT2D eigenvalue weighted by Crippen LogP contribution is -2.35. The van der Waals surface area contributed by atoms with E-state index in [1.54, 1.807) is 25.5 Å². The minimum Gasteiger partial charge on any atom is -0.385 e. The molecule has 178 valence electrons. The van der Waals surface area contributed by atoms with E-state index in [0.717, 1.165) is 44.0 Å². The van der Waals surface area contributed by atoms with Gasteiger partial charge in [0, 0.05) is 55.4 Å². The van der Waals surface area contributed by atoms with Crippen molar-refractivity contribution in [3.63, 3.8) is 0 Å². The first kappa shape index (κ1) is 23.0. The lowest BCUT2D eigenvalue weighted by molar-refractivity contribution is 0.0342. The number of nitrogens with zero attached hydrogens (tertiary/aromatic N) is 5. The minimum atomic E-state index is -0.657. The number of hydrogen-bond donors (Lipinski definition) is 1. The summed E-state index contributed by atoms with van der Waals surface area (Å²) in [7, 11) is 0. The molecule has 1 fully saturated rings. The maximum absolute atomic E-state index is 9.81. The van der Waals surface area contributed by atoms with Crippen molar-refractivity contribution in [2.45, 2.75) is 26.1 Å². The van der Waals surface area contributed by atoms with Crippen molar-refractivity contribution < 1.29 is 14.4 Å². The smallest absolute Gasteiger partial charge is 0.157 e. The predicted molar refractivity (Wildman–Crippen MR) is 130 cm³/mol. The molecule has 1 N–H and O–H groups in total. The Bertz CT molecular complexity index is 1310. The summed E-state index contributed by atoms with van der Waals surface area (Å²) in [5, 5.41) is 13.9. The van der Waals surface area contributed by atoms with E-state index in [1.165, 1.54) is 5.56 Å². The van der Waals surface area contributed by atoms with Crippen LogP contribution in [0.2, 0.25) is 0 Å². The SMILES string of the molecule is CC(O)c1nccn1Cc1cc(-c2ccc(C#Cc3ccc(CN4CCOCC4)cc3)cn2)no1. The van der Waals surface area contributed by atoms with Crippen molar-refractivity contribution in [3.8, 4) is 23.2 Å². The second-order valence-corrected chi connectivity index (χ2v) is 8.54. The normalized spacial score (nSPS) is 14.9. The van der Waals surface area contributed by atoms with Crippen molar-refractivity contribution in [1.29, 1.82) is 0 Å². The van der Waals surface area contributed by atoms with Gasteiger partial charge in [-0.05, 0) is 36.8 Å². The van der Waals surface area contributed by atoms with Crippen molar-refractivity contribution in [2.24, 2.45) is 0 Å². The Morgan fingerprint density at radius 1 is 0.971 bits per heavy atom. The van der Waals surface area contributed by atoms with Gasteiger partial charge in [0.2, 0.25) is 0 Å². The average molecular weight is 470 g/mol. The number of aromatic nitrogens is 4. The Hall–Kier alpha value is -3.77. The molecule has 0 bridgehead atoms. The number of pyridine rings is 1. The molecule has 8 heteroatoms. The monoisotopic (exact) mass is 469 g/mol. The number of hydrogen-bond acceptors (Lipinski definition) is 7. The van der Waals surface area contributed by atoms with Crippen LogP contribution < -0.4 is 0 Å². The largest absolute Gasteiger partial charge is 0.385 e. The standard InChI is InChI=1S/C27H27N5O3/c1-20(33)27-28-10-11-32(27)19-24-16-26(30-35-24)25-9-8-22(17-29-25)5-2-21-3-6-23(7-4-21)18-31-12-14-34-15-13-31/h3-4,6-11,16-17,20,33H,12-15,18-19H2,1H3. The summed E-state index contributed by atoms with van der Waals surface area (Å²) in [6, 6.07) is 14.1. The van der Waals surface area contributed by atoms with Gasteiger partial charge in [-0.2, -0.15) is 0 Å². The van der Waals surface area contributed by atoms with Crippen molar-refractivity contribution in [2.75, 3.05) is 26.3 Å². The van der Waals surface area contributed by atoms with Gasteiger partial charge in [0.25, 0.3) is 0 Å². The molecule has 1 atom stereocenters. The summed E-state index contributed by atoms with van der Waals surface area (Å²) >= 11 is 0. The number of rotatable bonds is 6. The molecule has 35 heavy (non-hydrogen) atoms. The molecular weight excluding hydrogens is 442 g/mol. The molecule has 5 rings (SSSR count). The first-order valence-corrected chi connectivity index (χ1v) is 11.7. The highest BCUT2D eigenvalue weighted by Gasteiger charge is 2.13. The molecule has 8 nitrogen and oxygen atoms in total. The fraction of sp³-hybridized carbons (Fsp3) is 0.296. The summed E-state index contributed by atoms with van der Waals surface area (Å²) in [6.07, 6.45) is 4.54. The highest BCUT2D eigenvalue weighted by atomic mass is 16.5. The second kappa shape index (κ2) is 10.7. The zero-order valence-electron chi connectivity index (χ0n) is 19.6. The number of ether oxygens (including phenoxy) is 1. The van der Waals surface area contributed by atoms with Crippen molar-refractivity contribution >= 4 is 0 Å². The Kier molecular flexibility index (Phi) is 7.00. The molecule has 1 aromatic carbocycles. The lowest BCUT2D eigenvalue weighted by Gasteiger charge is -2.26. The van der Waals surface area contributed by atoms with Crippen LogP contribution in [0.4, 0.5) is 0 Å². The highest BCUT2D eigenvalue weighted by Crippen LogP contribution is 2.19. The molecular formula is C27H27N5O3. The van der Waals surface area contributed by atoms with Crippen LogP contribution in [0, 0.1) is 11.8 Å². The van der Waals surface area contributed by atoms with Crippen LogP contribution >= 0.6 is 0 Å². The molecule has 4 heterocycles. The minimum absolute atomic E-state index is 0.433. The van der Waals surface area contributed by atoms with E-state index in [9.17, 15) is 5.11 Å². The molecule has 3 aromatic heterocycles. The predicted octanol–water partition coefficient (Wildman–Crippen LogP) is 3.27. The van der Waals surface area contributed by atoms with E-state index in [-0.39, 0.29) is 0 Å². The first-order chi connectivity index (χ1) is 17.1. The third kappa shape index (κ3) is 5.84. The number of benzene rings is 1. The Balaban J connectivity index is 1.20. The van der Waals surface area contributed by atoms with Gasteiger partial charge in [-0.15, -0.1) is 0 Å². The molecule has 1 aliphatic rings.